The third-order valence-electron chi connectivity index (χ3n) is 5.08. The van der Waals surface area contributed by atoms with Gasteiger partial charge in [0.1, 0.15) is 4.90 Å². The van der Waals surface area contributed by atoms with Gasteiger partial charge in [0.05, 0.1) is 11.7 Å². The lowest BCUT2D eigenvalue weighted by Gasteiger charge is -2.28. The number of carbonyl (C=O) groups is 2. The maximum atomic E-state index is 13.3. The summed E-state index contributed by atoms with van der Waals surface area (Å²) >= 11 is 1.57. The van der Waals surface area contributed by atoms with Crippen LogP contribution in [0.5, 0.6) is 0 Å². The van der Waals surface area contributed by atoms with E-state index in [1.165, 1.54) is 4.31 Å². The lowest BCUT2D eigenvalue weighted by Crippen LogP contribution is -2.37. The number of nitrogens with zero attached hydrogens (tertiary/aromatic N) is 1. The molecule has 11 heteroatoms. The number of hydrogen-bond acceptors (Lipinski definition) is 6. The molecular weight excluding hydrogens is 452 g/mol. The summed E-state index contributed by atoms with van der Waals surface area (Å²) in [6.07, 6.45) is 3.44. The fraction of sp³-hybridized carbons (Fsp3) is 0.429. The molecule has 1 aromatic carbocycles. The molecule has 1 aliphatic heterocycles. The van der Waals surface area contributed by atoms with Crippen molar-refractivity contribution in [1.29, 1.82) is 0 Å². The summed E-state index contributed by atoms with van der Waals surface area (Å²) < 4.78 is 28.2. The number of nitrogens with one attached hydrogen (secondary N) is 2. The van der Waals surface area contributed by atoms with Crippen molar-refractivity contribution in [3.8, 4) is 0 Å². The van der Waals surface area contributed by atoms with Gasteiger partial charge in [0.15, 0.2) is 0 Å². The highest BCUT2D eigenvalue weighted by molar-refractivity contribution is 7.89. The summed E-state index contributed by atoms with van der Waals surface area (Å²) in [6.45, 7) is 2.80. The summed E-state index contributed by atoms with van der Waals surface area (Å²) in [5.41, 5.74) is 6.59. The molecule has 1 atom stereocenters. The van der Waals surface area contributed by atoms with Gasteiger partial charge in [-0.25, -0.2) is 13.2 Å². The average molecular weight is 483 g/mol. The van der Waals surface area contributed by atoms with E-state index >= 15 is 0 Å². The van der Waals surface area contributed by atoms with E-state index < -0.39 is 16.1 Å². The van der Waals surface area contributed by atoms with Crippen LogP contribution in [0.15, 0.2) is 40.6 Å². The Kier molecular flexibility index (Phi) is 10.1. The fourth-order valence-electron chi connectivity index (χ4n) is 3.56. The maximum absolute atomic E-state index is 13.3. The van der Waals surface area contributed by atoms with Crippen LogP contribution in [0.3, 0.4) is 0 Å². The number of amides is 2. The standard InChI is InChI=1S/C20H28N4O3S2.CH2O2/c1-2-16(18-10-7-13-28-18)22-20(25)23-17-9-6-8-15(14-21)19(17)29(26,27)24-11-4-3-5-12-24;2-1-3/h6-10,13,16H,2-5,11-12,14,21H2,1H3,(H2,22,23,25);1H,(H,2,3). The van der Waals surface area contributed by atoms with E-state index in [0.717, 1.165) is 30.6 Å². The quantitative estimate of drug-likeness (QED) is 0.446. The summed E-state index contributed by atoms with van der Waals surface area (Å²) in [4.78, 5) is 22.2. The number of nitrogens with two attached hydrogens (primary N) is 1. The first-order chi connectivity index (χ1) is 15.4. The zero-order valence-electron chi connectivity index (χ0n) is 18.0. The van der Waals surface area contributed by atoms with Crippen LogP contribution >= 0.6 is 11.3 Å². The van der Waals surface area contributed by atoms with Crippen molar-refractivity contribution in [1.82, 2.24) is 9.62 Å². The zero-order chi connectivity index (χ0) is 23.6. The second-order valence-electron chi connectivity index (χ2n) is 7.14. The Morgan fingerprint density at radius 3 is 2.50 bits per heavy atom. The highest BCUT2D eigenvalue weighted by Crippen LogP contribution is 2.30. The van der Waals surface area contributed by atoms with Crippen LogP contribution in [0.4, 0.5) is 10.5 Å². The summed E-state index contributed by atoms with van der Waals surface area (Å²) in [7, 11) is -3.75. The number of sulfonamides is 1. The van der Waals surface area contributed by atoms with E-state index in [1.54, 1.807) is 29.5 Å². The maximum Gasteiger partial charge on any atom is 0.319 e. The van der Waals surface area contributed by atoms with Crippen LogP contribution in [0, 0.1) is 0 Å². The highest BCUT2D eigenvalue weighted by Gasteiger charge is 2.31. The molecule has 1 aromatic heterocycles. The highest BCUT2D eigenvalue weighted by atomic mass is 32.2. The van der Waals surface area contributed by atoms with Crippen LogP contribution in [0.2, 0.25) is 0 Å². The van der Waals surface area contributed by atoms with Gasteiger partial charge >= 0.3 is 6.03 Å². The Hall–Kier alpha value is -2.47. The van der Waals surface area contributed by atoms with Gasteiger partial charge in [0, 0.05) is 24.5 Å². The number of anilines is 1. The smallest absolute Gasteiger partial charge is 0.319 e. The van der Waals surface area contributed by atoms with Crippen molar-refractivity contribution in [2.24, 2.45) is 5.73 Å². The van der Waals surface area contributed by atoms with Gasteiger partial charge in [-0.1, -0.05) is 31.5 Å². The van der Waals surface area contributed by atoms with Crippen molar-refractivity contribution in [3.05, 3.63) is 46.2 Å². The van der Waals surface area contributed by atoms with E-state index in [4.69, 9.17) is 15.6 Å². The van der Waals surface area contributed by atoms with Crippen LogP contribution in [-0.2, 0) is 21.4 Å². The van der Waals surface area contributed by atoms with Crippen molar-refractivity contribution >= 4 is 39.6 Å². The molecule has 0 aliphatic carbocycles. The molecular formula is C21H30N4O5S2. The fourth-order valence-corrected chi connectivity index (χ4v) is 6.30. The van der Waals surface area contributed by atoms with E-state index in [2.05, 4.69) is 10.6 Å². The summed E-state index contributed by atoms with van der Waals surface area (Å²) in [6, 6.07) is 8.37. The number of benzene rings is 1. The Labute approximate surface area is 192 Å². The Morgan fingerprint density at radius 2 is 1.94 bits per heavy atom. The minimum atomic E-state index is -3.75. The molecule has 32 heavy (non-hydrogen) atoms. The van der Waals surface area contributed by atoms with E-state index in [-0.39, 0.29) is 29.6 Å². The molecule has 1 unspecified atom stereocenters. The lowest BCUT2D eigenvalue weighted by molar-refractivity contribution is -0.122. The van der Waals surface area contributed by atoms with Gasteiger partial charge in [-0.05, 0) is 42.3 Å². The molecule has 0 radical (unpaired) electrons. The molecule has 2 aromatic rings. The first kappa shape index (κ1) is 25.8. The number of urea groups is 1. The molecule has 5 N–H and O–H groups in total. The second kappa shape index (κ2) is 12.5. The number of carboxylic acid groups (broad SMARTS) is 1. The molecule has 1 fully saturated rings. The predicted molar refractivity (Wildman–Crippen MR) is 125 cm³/mol. The van der Waals surface area contributed by atoms with E-state index in [1.807, 2.05) is 24.4 Å². The predicted octanol–water partition coefficient (Wildman–Crippen LogP) is 3.36. The topological polar surface area (TPSA) is 142 Å². The number of piperidine rings is 1. The van der Waals surface area contributed by atoms with Gasteiger partial charge in [-0.15, -0.1) is 11.3 Å². The normalized spacial score (nSPS) is 15.2. The van der Waals surface area contributed by atoms with E-state index in [0.29, 0.717) is 18.7 Å². The van der Waals surface area contributed by atoms with Crippen LogP contribution < -0.4 is 16.4 Å². The van der Waals surface area contributed by atoms with Crippen LogP contribution in [-0.4, -0.2) is 43.4 Å². The van der Waals surface area contributed by atoms with Gasteiger partial charge in [0.25, 0.3) is 6.47 Å². The van der Waals surface area contributed by atoms with Gasteiger partial charge in [0.2, 0.25) is 10.0 Å². The van der Waals surface area contributed by atoms with Gasteiger partial charge < -0.3 is 21.5 Å². The molecule has 0 saturated carbocycles. The van der Waals surface area contributed by atoms with Crippen molar-refractivity contribution in [2.75, 3.05) is 18.4 Å². The molecule has 2 heterocycles. The number of thiophene rings is 1. The van der Waals surface area contributed by atoms with Crippen LogP contribution in [0.1, 0.15) is 49.1 Å². The monoisotopic (exact) mass is 482 g/mol. The molecule has 176 valence electrons. The zero-order valence-corrected chi connectivity index (χ0v) is 19.6. The third-order valence-corrected chi connectivity index (χ3v) is 8.11. The summed E-state index contributed by atoms with van der Waals surface area (Å²) in [5, 5.41) is 14.5. The number of rotatable bonds is 7. The average Bonchev–Trinajstić information content (AvgIpc) is 3.33. The molecule has 1 aliphatic rings. The summed E-state index contributed by atoms with van der Waals surface area (Å²) in [5.74, 6) is 0. The second-order valence-corrected chi connectivity index (χ2v) is 10.00. The first-order valence-electron chi connectivity index (χ1n) is 10.4. The Bertz CT molecular complexity index is 974. The van der Waals surface area contributed by atoms with E-state index in [9.17, 15) is 13.2 Å². The number of carbonyl (C=O) groups excluding carboxylic acids is 1. The van der Waals surface area contributed by atoms with Crippen molar-refractivity contribution in [3.63, 3.8) is 0 Å². The first-order valence-corrected chi connectivity index (χ1v) is 12.7. The molecule has 0 bridgehead atoms. The molecule has 3 rings (SSSR count). The van der Waals surface area contributed by atoms with Crippen molar-refractivity contribution in [2.45, 2.75) is 50.1 Å². The number of hydrogen-bond donors (Lipinski definition) is 4. The minimum absolute atomic E-state index is 0.0757. The third kappa shape index (κ3) is 6.52. The SMILES string of the molecule is CCC(NC(=O)Nc1cccc(CN)c1S(=O)(=O)N1CCCCC1)c1cccs1.O=CO. The molecule has 2 amide bonds. The molecule has 9 nitrogen and oxygen atoms in total. The Balaban J connectivity index is 0.00000114. The largest absolute Gasteiger partial charge is 0.483 e. The minimum Gasteiger partial charge on any atom is -0.483 e. The van der Waals surface area contributed by atoms with Crippen LogP contribution in [0.25, 0.3) is 0 Å². The van der Waals surface area contributed by atoms with Gasteiger partial charge in [-0.3, -0.25) is 4.79 Å². The van der Waals surface area contributed by atoms with Crippen molar-refractivity contribution < 1.29 is 23.1 Å². The molecule has 0 spiro atoms. The van der Waals surface area contributed by atoms with Gasteiger partial charge in [-0.2, -0.15) is 4.31 Å². The molecule has 1 saturated heterocycles. The Morgan fingerprint density at radius 1 is 1.25 bits per heavy atom. The lowest BCUT2D eigenvalue weighted by atomic mass is 10.2.